The number of carbonyl (C=O) groups excluding carboxylic acids is 2. The van der Waals surface area contributed by atoms with Gasteiger partial charge in [-0.1, -0.05) is 41.6 Å². The van der Waals surface area contributed by atoms with Crippen molar-refractivity contribution in [2.45, 2.75) is 19.2 Å². The Kier molecular flexibility index (Phi) is 5.70. The number of hydrogen-bond donors (Lipinski definition) is 1. The zero-order valence-electron chi connectivity index (χ0n) is 14.5. The highest BCUT2D eigenvalue weighted by molar-refractivity contribution is 7.84. The molecule has 2 atom stereocenters. The highest BCUT2D eigenvalue weighted by atomic mass is 32.2. The van der Waals surface area contributed by atoms with Crippen LogP contribution in [0, 0.1) is 5.92 Å². The summed E-state index contributed by atoms with van der Waals surface area (Å²) in [4.78, 5) is 29.5. The lowest BCUT2D eigenvalue weighted by molar-refractivity contribution is -0.702. The molecule has 1 N–H and O–H groups in total. The van der Waals surface area contributed by atoms with Gasteiger partial charge >= 0.3 is 0 Å². The summed E-state index contributed by atoms with van der Waals surface area (Å²) < 4.78 is 35.8. The molecular formula is C17H17N3O7S. The van der Waals surface area contributed by atoms with E-state index >= 15 is 0 Å². The number of benzene rings is 1. The maximum absolute atomic E-state index is 12.4. The molecule has 1 aliphatic heterocycles. The van der Waals surface area contributed by atoms with E-state index in [0.29, 0.717) is 5.56 Å². The van der Waals surface area contributed by atoms with Crippen LogP contribution in [0.1, 0.15) is 5.56 Å². The predicted octanol–water partition coefficient (Wildman–Crippen LogP) is -0.389. The van der Waals surface area contributed by atoms with Crippen LogP contribution in [0.4, 0.5) is 0 Å². The Balaban J connectivity index is 1.74. The van der Waals surface area contributed by atoms with Gasteiger partial charge in [-0.25, -0.2) is 22.1 Å². The molecule has 2 aromatic rings. The zero-order chi connectivity index (χ0) is 20.3. The van der Waals surface area contributed by atoms with Gasteiger partial charge in [0.2, 0.25) is 0 Å². The fraction of sp³-hybridized carbons (Fsp3) is 0.235. The summed E-state index contributed by atoms with van der Waals surface area (Å²) in [5.74, 6) is -3.91. The smallest absolute Gasteiger partial charge is 0.288 e. The van der Waals surface area contributed by atoms with Crippen LogP contribution in [-0.2, 0) is 37.9 Å². The van der Waals surface area contributed by atoms with E-state index < -0.39 is 34.1 Å². The lowest BCUT2D eigenvalue weighted by Crippen LogP contribution is -2.70. The Morgan fingerprint density at radius 1 is 1.18 bits per heavy atom. The average molecular weight is 407 g/mol. The van der Waals surface area contributed by atoms with E-state index in [1.54, 1.807) is 60.9 Å². The Morgan fingerprint density at radius 2 is 1.79 bits per heavy atom. The van der Waals surface area contributed by atoms with E-state index in [2.05, 4.69) is 0 Å². The van der Waals surface area contributed by atoms with Gasteiger partial charge < -0.3 is 4.55 Å². The Labute approximate surface area is 161 Å². The number of β-lactam (4-membered cyclic amide) rings is 1. The third kappa shape index (κ3) is 4.17. The number of hydrogen-bond acceptors (Lipinski definition) is 7. The summed E-state index contributed by atoms with van der Waals surface area (Å²) >= 11 is 0. The zero-order valence-corrected chi connectivity index (χ0v) is 15.3. The van der Waals surface area contributed by atoms with E-state index in [1.165, 1.54) is 4.57 Å². The van der Waals surface area contributed by atoms with Gasteiger partial charge in [0.05, 0.1) is 0 Å². The lowest BCUT2D eigenvalue weighted by atomic mass is 9.89. The SMILES string of the molecule is O=C([C@H]1C(=O)N(S(=O)(=O)[O-])[C@H]1C[n+]1ccccc1)N(O)OCc1ccccc1. The van der Waals surface area contributed by atoms with Crippen molar-refractivity contribution in [2.24, 2.45) is 5.92 Å². The van der Waals surface area contributed by atoms with Crippen LogP contribution in [0.2, 0.25) is 0 Å². The first-order valence-electron chi connectivity index (χ1n) is 8.22. The minimum absolute atomic E-state index is 0.0903. The molecule has 148 valence electrons. The molecular weight excluding hydrogens is 390 g/mol. The summed E-state index contributed by atoms with van der Waals surface area (Å²) in [6.45, 7) is -0.275. The molecule has 1 aromatic heterocycles. The topological polar surface area (TPSA) is 131 Å². The van der Waals surface area contributed by atoms with E-state index in [1.807, 2.05) is 0 Å². The van der Waals surface area contributed by atoms with Crippen molar-refractivity contribution >= 4 is 22.1 Å². The first-order chi connectivity index (χ1) is 13.3. The van der Waals surface area contributed by atoms with Gasteiger partial charge in [0.15, 0.2) is 35.2 Å². The normalized spacial score (nSPS) is 19.2. The third-order valence-corrected chi connectivity index (χ3v) is 5.17. The summed E-state index contributed by atoms with van der Waals surface area (Å²) in [5.41, 5.74) is 0.662. The van der Waals surface area contributed by atoms with Crippen molar-refractivity contribution in [2.75, 3.05) is 0 Å². The number of amides is 2. The second-order valence-corrected chi connectivity index (χ2v) is 7.33. The molecule has 2 amide bonds. The largest absolute Gasteiger partial charge is 0.731 e. The predicted molar refractivity (Wildman–Crippen MR) is 90.3 cm³/mol. The molecule has 0 saturated carbocycles. The first kappa shape index (κ1) is 19.9. The number of hydroxylamine groups is 2. The molecule has 0 bridgehead atoms. The number of carbonyl (C=O) groups is 2. The minimum Gasteiger partial charge on any atom is -0.731 e. The maximum atomic E-state index is 12.4. The molecule has 3 rings (SSSR count). The van der Waals surface area contributed by atoms with Crippen molar-refractivity contribution in [3.05, 3.63) is 66.5 Å². The molecule has 0 radical (unpaired) electrons. The monoisotopic (exact) mass is 407 g/mol. The van der Waals surface area contributed by atoms with Gasteiger partial charge in [0, 0.05) is 12.1 Å². The second kappa shape index (κ2) is 8.02. The van der Waals surface area contributed by atoms with Crippen molar-refractivity contribution < 1.29 is 37.2 Å². The second-order valence-electron chi connectivity index (χ2n) is 6.08. The van der Waals surface area contributed by atoms with Crippen molar-refractivity contribution in [3.63, 3.8) is 0 Å². The van der Waals surface area contributed by atoms with Gasteiger partial charge in [-0.15, -0.1) is 0 Å². The van der Waals surface area contributed by atoms with E-state index in [4.69, 9.17) is 4.84 Å². The Morgan fingerprint density at radius 3 is 2.39 bits per heavy atom. The minimum atomic E-state index is -5.10. The summed E-state index contributed by atoms with van der Waals surface area (Å²) in [7, 11) is -5.10. The molecule has 28 heavy (non-hydrogen) atoms. The van der Waals surface area contributed by atoms with Crippen molar-refractivity contribution in [1.29, 1.82) is 0 Å². The van der Waals surface area contributed by atoms with Crippen LogP contribution in [0.3, 0.4) is 0 Å². The molecule has 1 saturated heterocycles. The third-order valence-electron chi connectivity index (χ3n) is 4.24. The fourth-order valence-electron chi connectivity index (χ4n) is 2.91. The highest BCUT2D eigenvalue weighted by Gasteiger charge is 2.57. The molecule has 1 aromatic carbocycles. The maximum Gasteiger partial charge on any atom is 0.288 e. The van der Waals surface area contributed by atoms with E-state index in [0.717, 1.165) is 0 Å². The van der Waals surface area contributed by atoms with Crippen molar-refractivity contribution in [3.8, 4) is 0 Å². The Hall–Kier alpha value is -2.86. The number of rotatable bonds is 7. The van der Waals surface area contributed by atoms with Gasteiger partial charge in [0.25, 0.3) is 11.8 Å². The number of nitrogens with zero attached hydrogens (tertiary/aromatic N) is 3. The molecule has 0 aliphatic carbocycles. The molecule has 1 fully saturated rings. The van der Waals surface area contributed by atoms with Gasteiger partial charge in [0.1, 0.15) is 12.6 Å². The fourth-order valence-corrected chi connectivity index (χ4v) is 3.76. The van der Waals surface area contributed by atoms with Crippen LogP contribution < -0.4 is 4.57 Å². The molecule has 2 heterocycles. The van der Waals surface area contributed by atoms with Crippen molar-refractivity contribution in [1.82, 2.24) is 9.53 Å². The van der Waals surface area contributed by atoms with Crippen LogP contribution in [-0.4, -0.2) is 45.6 Å². The highest BCUT2D eigenvalue weighted by Crippen LogP contribution is 2.31. The lowest BCUT2D eigenvalue weighted by Gasteiger charge is -2.44. The molecule has 1 aliphatic rings. The summed E-state index contributed by atoms with van der Waals surface area (Å²) in [5, 5.41) is 9.77. The van der Waals surface area contributed by atoms with Gasteiger partial charge in [-0.2, -0.15) is 0 Å². The molecule has 11 heteroatoms. The number of aromatic nitrogens is 1. The van der Waals surface area contributed by atoms with Gasteiger partial charge in [-0.3, -0.25) is 14.8 Å². The van der Waals surface area contributed by atoms with Crippen LogP contribution >= 0.6 is 0 Å². The van der Waals surface area contributed by atoms with E-state index in [-0.39, 0.29) is 22.7 Å². The summed E-state index contributed by atoms with van der Waals surface area (Å²) in [6, 6.07) is 12.4. The van der Waals surface area contributed by atoms with Crippen LogP contribution in [0.15, 0.2) is 60.9 Å². The Bertz CT molecular complexity index is 953. The summed E-state index contributed by atoms with van der Waals surface area (Å²) in [6.07, 6.45) is 3.17. The standard InChI is InChI=1S/C17H17N3O7S/c21-16-15(17(22)20(23)27-12-13-7-3-1-4-8-13)14(19(16)28(24,25)26)11-18-9-5-2-6-10-18/h1-10,14-15,23H,11-12H2/t14-,15+/m0/s1. The van der Waals surface area contributed by atoms with Crippen LogP contribution in [0.25, 0.3) is 0 Å². The van der Waals surface area contributed by atoms with Crippen LogP contribution in [0.5, 0.6) is 0 Å². The molecule has 0 spiro atoms. The number of pyridine rings is 1. The molecule has 0 unspecified atom stereocenters. The quantitative estimate of drug-likeness (QED) is 0.165. The molecule has 10 nitrogen and oxygen atoms in total. The van der Waals surface area contributed by atoms with Gasteiger partial charge in [-0.05, 0) is 5.56 Å². The average Bonchev–Trinajstić information content (AvgIpc) is 2.66. The van der Waals surface area contributed by atoms with E-state index in [9.17, 15) is 27.8 Å². The first-order valence-corrected chi connectivity index (χ1v) is 9.58.